The van der Waals surface area contributed by atoms with Gasteiger partial charge in [0.2, 0.25) is 17.7 Å². The van der Waals surface area contributed by atoms with Crippen molar-refractivity contribution in [3.63, 3.8) is 0 Å². The summed E-state index contributed by atoms with van der Waals surface area (Å²) in [6.07, 6.45) is 0.292. The Bertz CT molecular complexity index is 708. The number of carbonyl (C=O) groups excluding carboxylic acids is 3. The fraction of sp³-hybridized carbons (Fsp3) is 0.500. The van der Waals surface area contributed by atoms with E-state index < -0.39 is 41.8 Å². The molecule has 0 aliphatic heterocycles. The Morgan fingerprint density at radius 3 is 2.10 bits per heavy atom. The fourth-order valence-electron chi connectivity index (χ4n) is 2.76. The molecule has 7 N–H and O–H groups in total. The van der Waals surface area contributed by atoms with E-state index in [1.807, 2.05) is 44.2 Å². The SMILES string of the molecule is CC(C)C[C@H](NC(=O)[C@H](CCC(N)=O)NC(=O)[C@@H](N)Cc1ccccc1)C(=O)O. The molecule has 3 atom stereocenters. The number of hydrogen-bond donors (Lipinski definition) is 5. The predicted octanol–water partition coefficient (Wildman–Crippen LogP) is -0.0778. The first-order valence-corrected chi connectivity index (χ1v) is 9.51. The van der Waals surface area contributed by atoms with Crippen LogP contribution in [0.1, 0.15) is 38.7 Å². The predicted molar refractivity (Wildman–Crippen MR) is 108 cm³/mol. The highest BCUT2D eigenvalue weighted by molar-refractivity contribution is 5.92. The van der Waals surface area contributed by atoms with Crippen LogP contribution in [-0.4, -0.2) is 46.9 Å². The molecule has 0 aromatic heterocycles. The summed E-state index contributed by atoms with van der Waals surface area (Å²) in [6.45, 7) is 3.66. The van der Waals surface area contributed by atoms with Crippen molar-refractivity contribution in [2.24, 2.45) is 17.4 Å². The van der Waals surface area contributed by atoms with E-state index in [0.717, 1.165) is 5.56 Å². The van der Waals surface area contributed by atoms with Crippen LogP contribution in [0.5, 0.6) is 0 Å². The van der Waals surface area contributed by atoms with Gasteiger partial charge >= 0.3 is 5.97 Å². The molecule has 0 saturated carbocycles. The Morgan fingerprint density at radius 2 is 1.59 bits per heavy atom. The number of nitrogens with one attached hydrogen (secondary N) is 2. The number of amides is 3. The maximum absolute atomic E-state index is 12.6. The molecule has 0 aliphatic carbocycles. The van der Waals surface area contributed by atoms with Crippen LogP contribution in [0.2, 0.25) is 0 Å². The van der Waals surface area contributed by atoms with E-state index in [9.17, 15) is 24.3 Å². The summed E-state index contributed by atoms with van der Waals surface area (Å²) in [6, 6.07) is 6.01. The van der Waals surface area contributed by atoms with E-state index in [-0.39, 0.29) is 31.6 Å². The molecule has 0 radical (unpaired) electrons. The van der Waals surface area contributed by atoms with Gasteiger partial charge in [-0.25, -0.2) is 4.79 Å². The summed E-state index contributed by atoms with van der Waals surface area (Å²) in [5.41, 5.74) is 11.9. The Hall–Kier alpha value is -2.94. The molecule has 0 bridgehead atoms. The van der Waals surface area contributed by atoms with Gasteiger partial charge in [0.05, 0.1) is 6.04 Å². The van der Waals surface area contributed by atoms with E-state index in [4.69, 9.17) is 11.5 Å². The molecule has 0 aliphatic rings. The summed E-state index contributed by atoms with van der Waals surface area (Å²) in [5.74, 6) is -3.04. The van der Waals surface area contributed by atoms with Crippen molar-refractivity contribution in [1.82, 2.24) is 10.6 Å². The van der Waals surface area contributed by atoms with Crippen molar-refractivity contribution in [2.75, 3.05) is 0 Å². The third kappa shape index (κ3) is 9.20. The average Bonchev–Trinajstić information content (AvgIpc) is 2.64. The topological polar surface area (TPSA) is 165 Å². The number of nitrogens with two attached hydrogens (primary N) is 2. The highest BCUT2D eigenvalue weighted by Gasteiger charge is 2.28. The van der Waals surface area contributed by atoms with Gasteiger partial charge in [0.1, 0.15) is 12.1 Å². The number of rotatable bonds is 12. The van der Waals surface area contributed by atoms with E-state index in [1.54, 1.807) is 0 Å². The molecule has 1 rings (SSSR count). The first kappa shape index (κ1) is 24.1. The van der Waals surface area contributed by atoms with E-state index in [2.05, 4.69) is 10.6 Å². The molecular formula is C20H30N4O5. The minimum atomic E-state index is -1.17. The molecular weight excluding hydrogens is 376 g/mol. The lowest BCUT2D eigenvalue weighted by atomic mass is 10.0. The number of primary amides is 1. The second-order valence-electron chi connectivity index (χ2n) is 7.39. The number of benzene rings is 1. The van der Waals surface area contributed by atoms with Crippen LogP contribution >= 0.6 is 0 Å². The molecule has 29 heavy (non-hydrogen) atoms. The molecule has 0 fully saturated rings. The number of carboxylic acid groups (broad SMARTS) is 1. The van der Waals surface area contributed by atoms with Gasteiger partial charge in [-0.2, -0.15) is 0 Å². The van der Waals surface area contributed by atoms with Gasteiger partial charge in [0.25, 0.3) is 0 Å². The number of carboxylic acids is 1. The third-order valence-electron chi connectivity index (χ3n) is 4.27. The molecule has 1 aromatic rings. The minimum absolute atomic E-state index is 0.0364. The quantitative estimate of drug-likeness (QED) is 0.326. The summed E-state index contributed by atoms with van der Waals surface area (Å²) < 4.78 is 0. The Morgan fingerprint density at radius 1 is 1.00 bits per heavy atom. The molecule has 0 heterocycles. The van der Waals surface area contributed by atoms with Gasteiger partial charge in [0.15, 0.2) is 0 Å². The van der Waals surface area contributed by atoms with Crippen molar-refractivity contribution >= 4 is 23.7 Å². The van der Waals surface area contributed by atoms with Crippen LogP contribution in [-0.2, 0) is 25.6 Å². The van der Waals surface area contributed by atoms with Crippen molar-refractivity contribution < 1.29 is 24.3 Å². The molecule has 9 heteroatoms. The zero-order valence-electron chi connectivity index (χ0n) is 16.8. The first-order chi connectivity index (χ1) is 13.6. The molecule has 0 spiro atoms. The molecule has 0 unspecified atom stereocenters. The highest BCUT2D eigenvalue weighted by atomic mass is 16.4. The third-order valence-corrected chi connectivity index (χ3v) is 4.27. The molecule has 9 nitrogen and oxygen atoms in total. The van der Waals surface area contributed by atoms with Crippen LogP contribution in [0.4, 0.5) is 0 Å². The molecule has 0 saturated heterocycles. The van der Waals surface area contributed by atoms with Crippen molar-refractivity contribution in [3.8, 4) is 0 Å². The van der Waals surface area contributed by atoms with Crippen LogP contribution < -0.4 is 22.1 Å². The second-order valence-corrected chi connectivity index (χ2v) is 7.39. The van der Waals surface area contributed by atoms with Crippen LogP contribution in [0.15, 0.2) is 30.3 Å². The highest BCUT2D eigenvalue weighted by Crippen LogP contribution is 2.07. The summed E-state index contributed by atoms with van der Waals surface area (Å²) in [7, 11) is 0. The summed E-state index contributed by atoms with van der Waals surface area (Å²) in [5, 5.41) is 14.2. The van der Waals surface area contributed by atoms with E-state index >= 15 is 0 Å². The second kappa shape index (κ2) is 11.8. The number of hydrogen-bond acceptors (Lipinski definition) is 5. The first-order valence-electron chi connectivity index (χ1n) is 9.51. The fourth-order valence-corrected chi connectivity index (χ4v) is 2.76. The monoisotopic (exact) mass is 406 g/mol. The zero-order chi connectivity index (χ0) is 22.0. The Labute approximate surface area is 170 Å². The van der Waals surface area contributed by atoms with E-state index in [0.29, 0.717) is 0 Å². The minimum Gasteiger partial charge on any atom is -0.480 e. The van der Waals surface area contributed by atoms with Gasteiger partial charge < -0.3 is 27.2 Å². The van der Waals surface area contributed by atoms with Crippen molar-refractivity contribution in [2.45, 2.75) is 57.7 Å². The zero-order valence-corrected chi connectivity index (χ0v) is 16.8. The standard InChI is InChI=1S/C20H30N4O5/c1-12(2)10-16(20(28)29)24-19(27)15(8-9-17(22)25)23-18(26)14(21)11-13-6-4-3-5-7-13/h3-7,12,14-16H,8-11,21H2,1-2H3,(H2,22,25)(H,23,26)(H,24,27)(H,28,29)/t14-,15-,16-/m0/s1. The largest absolute Gasteiger partial charge is 0.480 e. The van der Waals surface area contributed by atoms with Gasteiger partial charge in [-0.1, -0.05) is 44.2 Å². The van der Waals surface area contributed by atoms with Crippen LogP contribution in [0, 0.1) is 5.92 Å². The molecule has 160 valence electrons. The summed E-state index contributed by atoms with van der Waals surface area (Å²) in [4.78, 5) is 47.6. The van der Waals surface area contributed by atoms with Crippen LogP contribution in [0.3, 0.4) is 0 Å². The normalized spacial score (nSPS) is 13.9. The lowest BCUT2D eigenvalue weighted by Gasteiger charge is -2.23. The number of aliphatic carboxylic acids is 1. The van der Waals surface area contributed by atoms with Crippen molar-refractivity contribution in [1.29, 1.82) is 0 Å². The lowest BCUT2D eigenvalue weighted by Crippen LogP contribution is -2.55. The van der Waals surface area contributed by atoms with E-state index in [1.165, 1.54) is 0 Å². The van der Waals surface area contributed by atoms with Gasteiger partial charge in [-0.15, -0.1) is 0 Å². The lowest BCUT2D eigenvalue weighted by molar-refractivity contribution is -0.142. The van der Waals surface area contributed by atoms with Gasteiger partial charge in [-0.3, -0.25) is 14.4 Å². The number of carbonyl (C=O) groups is 4. The maximum atomic E-state index is 12.6. The summed E-state index contributed by atoms with van der Waals surface area (Å²) >= 11 is 0. The van der Waals surface area contributed by atoms with Crippen molar-refractivity contribution in [3.05, 3.63) is 35.9 Å². The van der Waals surface area contributed by atoms with Crippen LogP contribution in [0.25, 0.3) is 0 Å². The Balaban J connectivity index is 2.81. The maximum Gasteiger partial charge on any atom is 0.326 e. The smallest absolute Gasteiger partial charge is 0.326 e. The molecule has 1 aromatic carbocycles. The Kier molecular flexibility index (Phi) is 9.81. The average molecular weight is 406 g/mol. The van der Waals surface area contributed by atoms with Gasteiger partial charge in [-0.05, 0) is 30.7 Å². The van der Waals surface area contributed by atoms with Gasteiger partial charge in [0, 0.05) is 6.42 Å². The molecule has 3 amide bonds.